The molecule has 0 aliphatic rings. The molecule has 2 aromatic rings. The van der Waals surface area contributed by atoms with Crippen molar-refractivity contribution in [3.05, 3.63) is 41.0 Å². The van der Waals surface area contributed by atoms with Crippen molar-refractivity contribution in [2.45, 2.75) is 13.5 Å². The highest BCUT2D eigenvalue weighted by Crippen LogP contribution is 2.18. The Morgan fingerprint density at radius 3 is 2.62 bits per heavy atom. The molecule has 0 unspecified atom stereocenters. The molecule has 0 saturated carbocycles. The van der Waals surface area contributed by atoms with Gasteiger partial charge in [0.2, 0.25) is 5.89 Å². The van der Waals surface area contributed by atoms with Gasteiger partial charge in [-0.15, -0.1) is 15.1 Å². The van der Waals surface area contributed by atoms with Crippen molar-refractivity contribution in [1.29, 1.82) is 0 Å². The van der Waals surface area contributed by atoms with Gasteiger partial charge in [0, 0.05) is 6.92 Å². The van der Waals surface area contributed by atoms with Gasteiger partial charge in [0.15, 0.2) is 6.61 Å². The molecule has 1 aromatic heterocycles. The summed E-state index contributed by atoms with van der Waals surface area (Å²) < 4.78 is 10.5. The SMILES string of the molecule is Cc1nnc(COc2ccc(N=O)cc2)o1. The molecule has 0 atom stereocenters. The molecule has 2 rings (SSSR count). The van der Waals surface area contributed by atoms with Gasteiger partial charge in [-0.2, -0.15) is 0 Å². The molecule has 0 saturated heterocycles. The molecule has 0 radical (unpaired) electrons. The van der Waals surface area contributed by atoms with Crippen molar-refractivity contribution in [2.75, 3.05) is 0 Å². The Bertz CT molecular complexity index is 478. The van der Waals surface area contributed by atoms with Crippen molar-refractivity contribution in [1.82, 2.24) is 10.2 Å². The van der Waals surface area contributed by atoms with E-state index in [2.05, 4.69) is 15.4 Å². The second kappa shape index (κ2) is 4.52. The van der Waals surface area contributed by atoms with E-state index >= 15 is 0 Å². The Morgan fingerprint density at radius 1 is 1.31 bits per heavy atom. The molecule has 0 fully saturated rings. The van der Waals surface area contributed by atoms with Gasteiger partial charge in [-0.3, -0.25) is 0 Å². The fourth-order valence-electron chi connectivity index (χ4n) is 1.14. The van der Waals surface area contributed by atoms with Crippen LogP contribution in [0.15, 0.2) is 33.9 Å². The second-order valence-corrected chi connectivity index (χ2v) is 3.09. The molecule has 1 aromatic carbocycles. The molecular weight excluding hydrogens is 210 g/mol. The summed E-state index contributed by atoms with van der Waals surface area (Å²) in [6.07, 6.45) is 0. The van der Waals surface area contributed by atoms with E-state index in [0.29, 0.717) is 23.2 Å². The molecular formula is C10H9N3O3. The zero-order chi connectivity index (χ0) is 11.4. The number of ether oxygens (including phenoxy) is 1. The minimum Gasteiger partial charge on any atom is -0.484 e. The van der Waals surface area contributed by atoms with Crippen LogP contribution in [0.25, 0.3) is 0 Å². The van der Waals surface area contributed by atoms with Crippen molar-refractivity contribution < 1.29 is 9.15 Å². The third-order valence-electron chi connectivity index (χ3n) is 1.87. The normalized spacial score (nSPS) is 10.1. The minimum atomic E-state index is 0.203. The average molecular weight is 219 g/mol. The summed E-state index contributed by atoms with van der Waals surface area (Å²) in [5, 5.41) is 10.2. The Morgan fingerprint density at radius 2 is 2.06 bits per heavy atom. The van der Waals surface area contributed by atoms with Gasteiger partial charge in [-0.25, -0.2) is 0 Å². The summed E-state index contributed by atoms with van der Waals surface area (Å²) in [5.41, 5.74) is 0.362. The molecule has 16 heavy (non-hydrogen) atoms. The summed E-state index contributed by atoms with van der Waals surface area (Å²) in [4.78, 5) is 10.2. The van der Waals surface area contributed by atoms with Crippen LogP contribution in [-0.4, -0.2) is 10.2 Å². The zero-order valence-corrected chi connectivity index (χ0v) is 8.58. The predicted molar refractivity (Wildman–Crippen MR) is 55.3 cm³/mol. The maximum Gasteiger partial charge on any atom is 0.253 e. The van der Waals surface area contributed by atoms with Gasteiger partial charge in [-0.1, -0.05) is 0 Å². The summed E-state index contributed by atoms with van der Waals surface area (Å²) in [6, 6.07) is 6.45. The summed E-state index contributed by atoms with van der Waals surface area (Å²) >= 11 is 0. The lowest BCUT2D eigenvalue weighted by Gasteiger charge is -2.02. The van der Waals surface area contributed by atoms with E-state index in [1.165, 1.54) is 0 Å². The molecule has 6 nitrogen and oxygen atoms in total. The van der Waals surface area contributed by atoms with Crippen LogP contribution in [0.2, 0.25) is 0 Å². The Hall–Kier alpha value is -2.24. The van der Waals surface area contributed by atoms with Crippen molar-refractivity contribution >= 4 is 5.69 Å². The maximum atomic E-state index is 10.2. The summed E-state index contributed by atoms with van der Waals surface area (Å²) in [5.74, 6) is 1.53. The zero-order valence-electron chi connectivity index (χ0n) is 8.58. The molecule has 0 N–H and O–H groups in total. The van der Waals surface area contributed by atoms with Crippen LogP contribution in [0.3, 0.4) is 0 Å². The number of aryl methyl sites for hydroxylation is 1. The van der Waals surface area contributed by atoms with Crippen LogP contribution in [0.4, 0.5) is 5.69 Å². The highest BCUT2D eigenvalue weighted by molar-refractivity contribution is 5.40. The number of aromatic nitrogens is 2. The maximum absolute atomic E-state index is 10.2. The van der Waals surface area contributed by atoms with Crippen LogP contribution in [0, 0.1) is 11.8 Å². The fourth-order valence-corrected chi connectivity index (χ4v) is 1.14. The molecule has 0 aliphatic heterocycles. The molecule has 6 heteroatoms. The molecule has 0 aliphatic carbocycles. The van der Waals surface area contributed by atoms with E-state index < -0.39 is 0 Å². The lowest BCUT2D eigenvalue weighted by molar-refractivity contribution is 0.260. The second-order valence-electron chi connectivity index (χ2n) is 3.09. The van der Waals surface area contributed by atoms with Gasteiger partial charge >= 0.3 is 0 Å². The highest BCUT2D eigenvalue weighted by atomic mass is 16.5. The Kier molecular flexibility index (Phi) is 2.90. The van der Waals surface area contributed by atoms with Crippen LogP contribution in [0.1, 0.15) is 11.8 Å². The Balaban J connectivity index is 1.96. The smallest absolute Gasteiger partial charge is 0.253 e. The summed E-state index contributed by atoms with van der Waals surface area (Å²) in [7, 11) is 0. The fraction of sp³-hybridized carbons (Fsp3) is 0.200. The first-order chi connectivity index (χ1) is 7.78. The third kappa shape index (κ3) is 2.41. The monoisotopic (exact) mass is 219 g/mol. The topological polar surface area (TPSA) is 77.6 Å². The predicted octanol–water partition coefficient (Wildman–Crippen LogP) is 2.35. The minimum absolute atomic E-state index is 0.203. The highest BCUT2D eigenvalue weighted by Gasteiger charge is 2.03. The quantitative estimate of drug-likeness (QED) is 0.737. The van der Waals surface area contributed by atoms with E-state index in [-0.39, 0.29) is 6.61 Å². The third-order valence-corrected chi connectivity index (χ3v) is 1.87. The number of hydrogen-bond donors (Lipinski definition) is 0. The van der Waals surface area contributed by atoms with E-state index in [9.17, 15) is 4.91 Å². The van der Waals surface area contributed by atoms with E-state index in [1.807, 2.05) is 0 Å². The van der Waals surface area contributed by atoms with Crippen LogP contribution < -0.4 is 4.74 Å². The number of hydrogen-bond acceptors (Lipinski definition) is 6. The van der Waals surface area contributed by atoms with E-state index in [4.69, 9.17) is 9.15 Å². The van der Waals surface area contributed by atoms with Crippen molar-refractivity contribution in [2.24, 2.45) is 5.18 Å². The van der Waals surface area contributed by atoms with Crippen LogP contribution >= 0.6 is 0 Å². The number of benzene rings is 1. The molecule has 0 spiro atoms. The number of nitrogens with zero attached hydrogens (tertiary/aromatic N) is 3. The lowest BCUT2D eigenvalue weighted by atomic mass is 10.3. The van der Waals surface area contributed by atoms with Gasteiger partial charge in [0.25, 0.3) is 5.89 Å². The number of rotatable bonds is 4. The van der Waals surface area contributed by atoms with Crippen LogP contribution in [-0.2, 0) is 6.61 Å². The van der Waals surface area contributed by atoms with E-state index in [1.54, 1.807) is 31.2 Å². The standard InChI is InChI=1S/C10H9N3O3/c1-7-11-12-10(16-7)6-15-9-4-2-8(13-14)3-5-9/h2-5H,6H2,1H3. The van der Waals surface area contributed by atoms with Gasteiger partial charge in [0.05, 0.1) is 0 Å². The van der Waals surface area contributed by atoms with E-state index in [0.717, 1.165) is 0 Å². The Labute approximate surface area is 91.2 Å². The van der Waals surface area contributed by atoms with Gasteiger partial charge in [-0.05, 0) is 29.4 Å². The molecule has 0 bridgehead atoms. The first-order valence-electron chi connectivity index (χ1n) is 4.63. The first-order valence-corrected chi connectivity index (χ1v) is 4.63. The lowest BCUT2D eigenvalue weighted by Crippen LogP contribution is -1.95. The van der Waals surface area contributed by atoms with Gasteiger partial charge < -0.3 is 9.15 Å². The van der Waals surface area contributed by atoms with Crippen LogP contribution in [0.5, 0.6) is 5.75 Å². The molecule has 1 heterocycles. The average Bonchev–Trinajstić information content (AvgIpc) is 2.73. The first kappa shape index (κ1) is 10.3. The van der Waals surface area contributed by atoms with Gasteiger partial charge in [0.1, 0.15) is 11.4 Å². The van der Waals surface area contributed by atoms with Crippen molar-refractivity contribution in [3.8, 4) is 5.75 Å². The molecule has 82 valence electrons. The number of nitroso groups, excluding NO2 is 1. The summed E-state index contributed by atoms with van der Waals surface area (Å²) in [6.45, 7) is 1.91. The van der Waals surface area contributed by atoms with Crippen molar-refractivity contribution in [3.63, 3.8) is 0 Å². The molecule has 0 amide bonds. The largest absolute Gasteiger partial charge is 0.484 e.